The summed E-state index contributed by atoms with van der Waals surface area (Å²) in [6.45, 7) is 0.450. The Morgan fingerprint density at radius 1 is 1.50 bits per heavy atom. The molecule has 1 aromatic rings. The molecular weight excluding hydrogens is 228 g/mol. The predicted octanol–water partition coefficient (Wildman–Crippen LogP) is 2.68. The Morgan fingerprint density at radius 3 is 2.93 bits per heavy atom. The number of nitrogens with two attached hydrogens (primary N) is 1. The zero-order valence-electron chi connectivity index (χ0n) is 7.30. The van der Waals surface area contributed by atoms with E-state index in [9.17, 15) is 4.39 Å². The van der Waals surface area contributed by atoms with Gasteiger partial charge in [0.05, 0.1) is 11.6 Å². The molecule has 0 spiro atoms. The van der Waals surface area contributed by atoms with E-state index in [0.717, 1.165) is 0 Å². The van der Waals surface area contributed by atoms with Crippen LogP contribution in [-0.4, -0.2) is 6.61 Å². The van der Waals surface area contributed by atoms with Crippen LogP contribution in [0.3, 0.4) is 0 Å². The molecule has 0 amide bonds. The zero-order valence-corrected chi connectivity index (χ0v) is 8.87. The highest BCUT2D eigenvalue weighted by Gasteiger charge is 2.22. The third-order valence-electron chi connectivity index (χ3n) is 2.16. The fourth-order valence-electron chi connectivity index (χ4n) is 1.43. The number of hydrogen-bond donors (Lipinski definition) is 1. The molecule has 0 unspecified atom stereocenters. The first-order chi connectivity index (χ1) is 6.20. The summed E-state index contributed by atoms with van der Waals surface area (Å²) in [6, 6.07) is 3.07. The number of halogens is 3. The number of fused-ring (bicyclic) bond motifs is 1. The van der Waals surface area contributed by atoms with E-state index in [1.54, 1.807) is 6.07 Å². The lowest BCUT2D eigenvalue weighted by atomic mass is 10.0. The second kappa shape index (κ2) is 4.34. The fourth-order valence-corrected chi connectivity index (χ4v) is 1.58. The van der Waals surface area contributed by atoms with Gasteiger partial charge in [0.1, 0.15) is 0 Å². The Hall–Kier alpha value is -0.510. The Kier molecular flexibility index (Phi) is 3.59. The van der Waals surface area contributed by atoms with Gasteiger partial charge in [-0.05, 0) is 6.07 Å². The Bertz CT molecular complexity index is 346. The molecule has 0 fully saturated rings. The minimum absolute atomic E-state index is 0. The number of hydrogen-bond acceptors (Lipinski definition) is 2. The first-order valence-corrected chi connectivity index (χ1v) is 4.44. The first kappa shape index (κ1) is 11.6. The minimum atomic E-state index is -0.505. The first-order valence-electron chi connectivity index (χ1n) is 4.06. The number of rotatable bonds is 0. The molecule has 2 N–H and O–H groups in total. The SMILES string of the molecule is Cl.N[C@@H]1CCOc2c1ccc(Cl)c2F. The van der Waals surface area contributed by atoms with Gasteiger partial charge in [-0.15, -0.1) is 12.4 Å². The fraction of sp³-hybridized carbons (Fsp3) is 0.333. The van der Waals surface area contributed by atoms with Gasteiger partial charge >= 0.3 is 0 Å². The number of ether oxygens (including phenoxy) is 1. The Balaban J connectivity index is 0.000000980. The summed E-state index contributed by atoms with van der Waals surface area (Å²) in [4.78, 5) is 0. The molecule has 1 aliphatic heterocycles. The average molecular weight is 238 g/mol. The van der Waals surface area contributed by atoms with Crippen molar-refractivity contribution in [1.29, 1.82) is 0 Å². The van der Waals surface area contributed by atoms with Crippen LogP contribution in [0.5, 0.6) is 5.75 Å². The van der Waals surface area contributed by atoms with Crippen molar-refractivity contribution >= 4 is 24.0 Å². The van der Waals surface area contributed by atoms with E-state index in [0.29, 0.717) is 18.6 Å². The van der Waals surface area contributed by atoms with Crippen LogP contribution in [0.4, 0.5) is 4.39 Å². The van der Waals surface area contributed by atoms with Gasteiger partial charge in [-0.25, -0.2) is 4.39 Å². The Labute approximate surface area is 92.6 Å². The van der Waals surface area contributed by atoms with E-state index in [2.05, 4.69) is 0 Å². The maximum atomic E-state index is 13.3. The third kappa shape index (κ3) is 1.80. The van der Waals surface area contributed by atoms with E-state index in [-0.39, 0.29) is 29.2 Å². The van der Waals surface area contributed by atoms with E-state index >= 15 is 0 Å². The summed E-state index contributed by atoms with van der Waals surface area (Å²) in [6.07, 6.45) is 0.716. The molecular formula is C9H10Cl2FNO. The summed E-state index contributed by atoms with van der Waals surface area (Å²) < 4.78 is 18.5. The molecule has 5 heteroatoms. The van der Waals surface area contributed by atoms with Gasteiger partial charge in [-0.3, -0.25) is 0 Å². The second-order valence-electron chi connectivity index (χ2n) is 3.02. The van der Waals surface area contributed by atoms with Gasteiger partial charge < -0.3 is 10.5 Å². The molecule has 2 nitrogen and oxygen atoms in total. The monoisotopic (exact) mass is 237 g/mol. The van der Waals surface area contributed by atoms with E-state index in [1.165, 1.54) is 6.07 Å². The molecule has 0 radical (unpaired) electrons. The van der Waals surface area contributed by atoms with E-state index in [1.807, 2.05) is 0 Å². The maximum absolute atomic E-state index is 13.3. The van der Waals surface area contributed by atoms with Crippen molar-refractivity contribution in [2.45, 2.75) is 12.5 Å². The van der Waals surface area contributed by atoms with Crippen LogP contribution in [0, 0.1) is 5.82 Å². The molecule has 0 bridgehead atoms. The molecule has 1 heterocycles. The van der Waals surface area contributed by atoms with Crippen LogP contribution < -0.4 is 10.5 Å². The van der Waals surface area contributed by atoms with Crippen LogP contribution in [0.1, 0.15) is 18.0 Å². The summed E-state index contributed by atoms with van der Waals surface area (Å²) >= 11 is 5.60. The minimum Gasteiger partial charge on any atom is -0.490 e. The highest BCUT2D eigenvalue weighted by atomic mass is 35.5. The van der Waals surface area contributed by atoms with Crippen molar-refractivity contribution < 1.29 is 9.13 Å². The van der Waals surface area contributed by atoms with Gasteiger partial charge in [0.25, 0.3) is 0 Å². The van der Waals surface area contributed by atoms with Crippen molar-refractivity contribution in [3.8, 4) is 5.75 Å². The van der Waals surface area contributed by atoms with Crippen molar-refractivity contribution in [3.05, 3.63) is 28.5 Å². The lowest BCUT2D eigenvalue weighted by Crippen LogP contribution is -2.21. The molecule has 14 heavy (non-hydrogen) atoms. The number of benzene rings is 1. The largest absolute Gasteiger partial charge is 0.490 e. The Morgan fingerprint density at radius 2 is 2.21 bits per heavy atom. The van der Waals surface area contributed by atoms with Crippen LogP contribution in [-0.2, 0) is 0 Å². The molecule has 0 saturated carbocycles. The van der Waals surface area contributed by atoms with E-state index in [4.69, 9.17) is 22.1 Å². The van der Waals surface area contributed by atoms with Gasteiger partial charge in [-0.2, -0.15) is 0 Å². The molecule has 0 saturated heterocycles. The van der Waals surface area contributed by atoms with Gasteiger partial charge in [0, 0.05) is 18.0 Å². The summed E-state index contributed by atoms with van der Waals surface area (Å²) in [7, 11) is 0. The lowest BCUT2D eigenvalue weighted by molar-refractivity contribution is 0.255. The highest BCUT2D eigenvalue weighted by molar-refractivity contribution is 6.30. The van der Waals surface area contributed by atoms with Crippen LogP contribution in [0.15, 0.2) is 12.1 Å². The van der Waals surface area contributed by atoms with Gasteiger partial charge in [0.15, 0.2) is 11.6 Å². The predicted molar refractivity (Wildman–Crippen MR) is 55.7 cm³/mol. The normalized spacial score (nSPS) is 19.2. The van der Waals surface area contributed by atoms with Crippen LogP contribution >= 0.6 is 24.0 Å². The molecule has 1 aliphatic rings. The molecule has 0 aromatic heterocycles. The van der Waals surface area contributed by atoms with Gasteiger partial charge in [0.2, 0.25) is 0 Å². The third-order valence-corrected chi connectivity index (χ3v) is 2.45. The molecule has 2 rings (SSSR count). The molecule has 78 valence electrons. The maximum Gasteiger partial charge on any atom is 0.183 e. The topological polar surface area (TPSA) is 35.2 Å². The zero-order chi connectivity index (χ0) is 9.42. The standard InChI is InChI=1S/C9H9ClFNO.ClH/c10-6-2-1-5-7(12)3-4-13-9(5)8(6)11;/h1-2,7H,3-4,12H2;1H/t7-;/m1./s1. The van der Waals surface area contributed by atoms with Crippen molar-refractivity contribution in [1.82, 2.24) is 0 Å². The molecule has 0 aliphatic carbocycles. The molecule has 1 aromatic carbocycles. The van der Waals surface area contributed by atoms with Crippen molar-refractivity contribution in [2.75, 3.05) is 6.61 Å². The van der Waals surface area contributed by atoms with Crippen molar-refractivity contribution in [3.63, 3.8) is 0 Å². The quantitative estimate of drug-likeness (QED) is 0.754. The van der Waals surface area contributed by atoms with Crippen LogP contribution in [0.2, 0.25) is 5.02 Å². The van der Waals surface area contributed by atoms with E-state index < -0.39 is 5.82 Å². The highest BCUT2D eigenvalue weighted by Crippen LogP contribution is 2.35. The smallest absolute Gasteiger partial charge is 0.183 e. The molecule has 1 atom stereocenters. The van der Waals surface area contributed by atoms with Crippen molar-refractivity contribution in [2.24, 2.45) is 5.73 Å². The average Bonchev–Trinajstić information content (AvgIpc) is 2.12. The van der Waals surface area contributed by atoms with Crippen LogP contribution in [0.25, 0.3) is 0 Å². The summed E-state index contributed by atoms with van der Waals surface area (Å²) in [5.74, 6) is -0.291. The lowest BCUT2D eigenvalue weighted by Gasteiger charge is -2.23. The van der Waals surface area contributed by atoms with Gasteiger partial charge in [-0.1, -0.05) is 17.7 Å². The second-order valence-corrected chi connectivity index (χ2v) is 3.43. The summed E-state index contributed by atoms with van der Waals surface area (Å²) in [5.41, 5.74) is 6.48. The summed E-state index contributed by atoms with van der Waals surface area (Å²) in [5, 5.41) is 0.0767.